The fourth-order valence-electron chi connectivity index (χ4n) is 1.75. The minimum Gasteiger partial charge on any atom is -0.486 e. The molecule has 0 aliphatic rings. The fourth-order valence-corrected chi connectivity index (χ4v) is 1.75. The van der Waals surface area contributed by atoms with E-state index >= 15 is 0 Å². The van der Waals surface area contributed by atoms with Crippen molar-refractivity contribution in [1.29, 1.82) is 5.41 Å². The van der Waals surface area contributed by atoms with Crippen LogP contribution in [-0.2, 0) is 6.61 Å². The van der Waals surface area contributed by atoms with Gasteiger partial charge < -0.3 is 10.5 Å². The van der Waals surface area contributed by atoms with Gasteiger partial charge in [-0.05, 0) is 30.7 Å². The van der Waals surface area contributed by atoms with Crippen LogP contribution < -0.4 is 10.5 Å². The number of nitrogen functional groups attached to an aromatic ring is 1. The van der Waals surface area contributed by atoms with Gasteiger partial charge in [0.25, 0.3) is 0 Å². The molecule has 2 aromatic rings. The zero-order valence-electron chi connectivity index (χ0n) is 10.6. The predicted octanol–water partition coefficient (Wildman–Crippen LogP) is 3.00. The molecule has 0 aliphatic carbocycles. The van der Waals surface area contributed by atoms with Gasteiger partial charge in [-0.1, -0.05) is 29.8 Å². The second-order valence-corrected chi connectivity index (χ2v) is 4.34. The zero-order chi connectivity index (χ0) is 13.8. The summed E-state index contributed by atoms with van der Waals surface area (Å²) in [7, 11) is 0. The standard InChI is InChI=1S/C15H15FN2O/c1-10-3-2-4-11(7-10)9-19-14-6-5-12(15(17)18)8-13(14)16/h2-8H,9H2,1H3,(H3,17,18). The Morgan fingerprint density at radius 2 is 2.05 bits per heavy atom. The van der Waals surface area contributed by atoms with Crippen LogP contribution >= 0.6 is 0 Å². The third kappa shape index (κ3) is 3.31. The van der Waals surface area contributed by atoms with Crippen molar-refractivity contribution in [2.45, 2.75) is 13.5 Å². The van der Waals surface area contributed by atoms with E-state index in [1.807, 2.05) is 31.2 Å². The van der Waals surface area contributed by atoms with Gasteiger partial charge in [0.05, 0.1) is 0 Å². The number of amidine groups is 1. The average molecular weight is 258 g/mol. The van der Waals surface area contributed by atoms with E-state index < -0.39 is 5.82 Å². The molecule has 0 bridgehead atoms. The summed E-state index contributed by atoms with van der Waals surface area (Å²) in [5.74, 6) is -0.518. The van der Waals surface area contributed by atoms with Crippen LogP contribution in [0.3, 0.4) is 0 Å². The minimum atomic E-state index is -0.514. The summed E-state index contributed by atoms with van der Waals surface area (Å²) in [5, 5.41) is 7.23. The van der Waals surface area contributed by atoms with Crippen molar-refractivity contribution in [3.05, 3.63) is 65.0 Å². The lowest BCUT2D eigenvalue weighted by molar-refractivity contribution is 0.290. The predicted molar refractivity (Wildman–Crippen MR) is 72.9 cm³/mol. The Labute approximate surface area is 111 Å². The van der Waals surface area contributed by atoms with Crippen molar-refractivity contribution in [3.8, 4) is 5.75 Å². The monoisotopic (exact) mass is 258 g/mol. The molecule has 19 heavy (non-hydrogen) atoms. The maximum atomic E-state index is 13.7. The second-order valence-electron chi connectivity index (χ2n) is 4.34. The SMILES string of the molecule is Cc1cccc(COc2ccc(C(=N)N)cc2F)c1. The minimum absolute atomic E-state index is 0.159. The highest BCUT2D eigenvalue weighted by molar-refractivity contribution is 5.95. The van der Waals surface area contributed by atoms with Crippen LogP contribution in [0, 0.1) is 18.2 Å². The second kappa shape index (κ2) is 5.52. The molecule has 3 N–H and O–H groups in total. The summed E-state index contributed by atoms with van der Waals surface area (Å²) in [6.45, 7) is 2.30. The molecule has 2 rings (SSSR count). The molecule has 0 aromatic heterocycles. The van der Waals surface area contributed by atoms with Crippen molar-refractivity contribution >= 4 is 5.84 Å². The van der Waals surface area contributed by atoms with Crippen LogP contribution in [0.1, 0.15) is 16.7 Å². The number of aryl methyl sites for hydroxylation is 1. The van der Waals surface area contributed by atoms with Gasteiger partial charge in [0.15, 0.2) is 11.6 Å². The number of ether oxygens (including phenoxy) is 1. The average Bonchev–Trinajstić information content (AvgIpc) is 2.37. The summed E-state index contributed by atoms with van der Waals surface area (Å²) in [5.41, 5.74) is 7.75. The van der Waals surface area contributed by atoms with Gasteiger partial charge in [0.2, 0.25) is 0 Å². The van der Waals surface area contributed by atoms with Crippen molar-refractivity contribution in [2.75, 3.05) is 0 Å². The number of benzene rings is 2. The first kappa shape index (κ1) is 13.1. The van der Waals surface area contributed by atoms with Crippen molar-refractivity contribution in [1.82, 2.24) is 0 Å². The maximum Gasteiger partial charge on any atom is 0.165 e. The van der Waals surface area contributed by atoms with Crippen LogP contribution in [0.2, 0.25) is 0 Å². The normalized spacial score (nSPS) is 10.2. The number of nitrogens with two attached hydrogens (primary N) is 1. The molecule has 0 amide bonds. The number of rotatable bonds is 4. The van der Waals surface area contributed by atoms with E-state index in [1.165, 1.54) is 12.1 Å². The van der Waals surface area contributed by atoms with Crippen molar-refractivity contribution in [3.63, 3.8) is 0 Å². The molecule has 0 saturated heterocycles. The largest absolute Gasteiger partial charge is 0.486 e. The van der Waals surface area contributed by atoms with Crippen LogP contribution in [0.4, 0.5) is 4.39 Å². The van der Waals surface area contributed by atoms with Crippen LogP contribution in [0.15, 0.2) is 42.5 Å². The van der Waals surface area contributed by atoms with Crippen molar-refractivity contribution in [2.24, 2.45) is 5.73 Å². The van der Waals surface area contributed by atoms with Gasteiger partial charge in [-0.15, -0.1) is 0 Å². The summed E-state index contributed by atoms with van der Waals surface area (Å²) in [6.07, 6.45) is 0. The van der Waals surface area contributed by atoms with E-state index in [-0.39, 0.29) is 11.6 Å². The summed E-state index contributed by atoms with van der Waals surface area (Å²) in [4.78, 5) is 0. The number of halogens is 1. The highest BCUT2D eigenvalue weighted by Crippen LogP contribution is 2.19. The first-order valence-corrected chi connectivity index (χ1v) is 5.88. The smallest absolute Gasteiger partial charge is 0.165 e. The highest BCUT2D eigenvalue weighted by atomic mass is 19.1. The molecule has 0 aliphatic heterocycles. The van der Waals surface area contributed by atoms with Gasteiger partial charge in [-0.2, -0.15) is 0 Å². The lowest BCUT2D eigenvalue weighted by atomic mass is 10.1. The number of hydrogen-bond acceptors (Lipinski definition) is 2. The van der Waals surface area contributed by atoms with Crippen LogP contribution in [0.5, 0.6) is 5.75 Å². The molecule has 98 valence electrons. The third-order valence-corrected chi connectivity index (χ3v) is 2.72. The molecule has 0 fully saturated rings. The Morgan fingerprint density at radius 1 is 1.26 bits per heavy atom. The van der Waals surface area contributed by atoms with Gasteiger partial charge in [-0.25, -0.2) is 4.39 Å². The van der Waals surface area contributed by atoms with E-state index in [0.717, 1.165) is 11.1 Å². The molecule has 0 spiro atoms. The quantitative estimate of drug-likeness (QED) is 0.654. The molecule has 4 heteroatoms. The molecule has 0 atom stereocenters. The maximum absolute atomic E-state index is 13.7. The first-order chi connectivity index (χ1) is 9.06. The summed E-state index contributed by atoms with van der Waals surface area (Å²) < 4.78 is 19.1. The Kier molecular flexibility index (Phi) is 3.80. The topological polar surface area (TPSA) is 59.1 Å². The molecule has 0 radical (unpaired) electrons. The Balaban J connectivity index is 2.10. The van der Waals surface area contributed by atoms with E-state index in [1.54, 1.807) is 6.07 Å². The van der Waals surface area contributed by atoms with Gasteiger partial charge in [-0.3, -0.25) is 5.41 Å². The van der Waals surface area contributed by atoms with E-state index in [2.05, 4.69) is 0 Å². The van der Waals surface area contributed by atoms with E-state index in [4.69, 9.17) is 15.9 Å². The van der Waals surface area contributed by atoms with Gasteiger partial charge in [0, 0.05) is 5.56 Å². The zero-order valence-corrected chi connectivity index (χ0v) is 10.6. The molecule has 3 nitrogen and oxygen atoms in total. The first-order valence-electron chi connectivity index (χ1n) is 5.88. The Morgan fingerprint density at radius 3 is 2.68 bits per heavy atom. The van der Waals surface area contributed by atoms with E-state index in [9.17, 15) is 4.39 Å². The summed E-state index contributed by atoms with van der Waals surface area (Å²) >= 11 is 0. The van der Waals surface area contributed by atoms with Crippen molar-refractivity contribution < 1.29 is 9.13 Å². The molecular weight excluding hydrogens is 243 g/mol. The van der Waals surface area contributed by atoms with Gasteiger partial charge in [0.1, 0.15) is 12.4 Å². The molecule has 0 unspecified atom stereocenters. The summed E-state index contributed by atoms with van der Waals surface area (Å²) in [6, 6.07) is 12.1. The Hall–Kier alpha value is -2.36. The lowest BCUT2D eigenvalue weighted by Crippen LogP contribution is -2.11. The molecule has 2 aromatic carbocycles. The molecule has 0 heterocycles. The number of nitrogens with one attached hydrogen (secondary N) is 1. The van der Waals surface area contributed by atoms with Crippen LogP contribution in [-0.4, -0.2) is 5.84 Å². The fraction of sp³-hybridized carbons (Fsp3) is 0.133. The number of hydrogen-bond donors (Lipinski definition) is 2. The Bertz CT molecular complexity index is 611. The molecule has 0 saturated carbocycles. The van der Waals surface area contributed by atoms with Gasteiger partial charge >= 0.3 is 0 Å². The van der Waals surface area contributed by atoms with Crippen LogP contribution in [0.25, 0.3) is 0 Å². The van der Waals surface area contributed by atoms with E-state index in [0.29, 0.717) is 12.2 Å². The highest BCUT2D eigenvalue weighted by Gasteiger charge is 2.06. The molecular formula is C15H15FN2O. The third-order valence-electron chi connectivity index (χ3n) is 2.72. The lowest BCUT2D eigenvalue weighted by Gasteiger charge is -2.09.